The van der Waals surface area contributed by atoms with Gasteiger partial charge in [-0.1, -0.05) is 121 Å². The highest BCUT2D eigenvalue weighted by Gasteiger charge is 2.22. The fraction of sp³-hybridized carbons (Fsp3) is 0.0244. The normalized spacial score (nSPS) is 11.7. The molecule has 4 heteroatoms. The molecule has 0 aliphatic heterocycles. The Balaban J connectivity index is 1.50. The molecule has 0 N–H and O–H groups in total. The minimum atomic E-state index is -1.62. The highest BCUT2D eigenvalue weighted by molar-refractivity contribution is 7.46. The van der Waals surface area contributed by atoms with Crippen molar-refractivity contribution >= 4 is 73.0 Å². The minimum Gasteiger partial charge on any atom is -0.496 e. The Kier molecular flexibility index (Phi) is 5.94. The van der Waals surface area contributed by atoms with Crippen LogP contribution in [-0.4, -0.2) is 7.11 Å². The molecule has 9 rings (SSSR count). The Morgan fingerprint density at radius 3 is 1.38 bits per heavy atom. The molecule has 45 heavy (non-hydrogen) atoms. The first-order valence-corrected chi connectivity index (χ1v) is 16.2. The summed E-state index contributed by atoms with van der Waals surface area (Å²) in [4.78, 5) is 0. The fourth-order valence-corrected chi connectivity index (χ4v) is 8.33. The van der Waals surface area contributed by atoms with Crippen LogP contribution in [0, 0.1) is 0 Å². The highest BCUT2D eigenvalue weighted by Crippen LogP contribution is 2.53. The molecular formula is C41H27O3P. The van der Waals surface area contributed by atoms with Gasteiger partial charge in [0.1, 0.15) is 16.9 Å². The van der Waals surface area contributed by atoms with Gasteiger partial charge in [-0.15, -0.1) is 0 Å². The van der Waals surface area contributed by atoms with Crippen molar-refractivity contribution in [3.8, 4) is 22.2 Å². The second kappa shape index (κ2) is 10.3. The van der Waals surface area contributed by atoms with Crippen molar-refractivity contribution < 1.29 is 13.1 Å². The predicted molar refractivity (Wildman–Crippen MR) is 190 cm³/mol. The van der Waals surface area contributed by atoms with Crippen molar-refractivity contribution in [3.63, 3.8) is 0 Å². The van der Waals surface area contributed by atoms with E-state index in [1.165, 1.54) is 0 Å². The average Bonchev–Trinajstić information content (AvgIpc) is 3.28. The fourth-order valence-electron chi connectivity index (χ4n) is 6.82. The summed E-state index contributed by atoms with van der Waals surface area (Å²) in [5.74, 6) is 0.814. The third-order valence-electron chi connectivity index (χ3n) is 8.86. The molecule has 8 aromatic carbocycles. The molecule has 3 nitrogen and oxygen atoms in total. The Morgan fingerprint density at radius 1 is 0.422 bits per heavy atom. The molecule has 0 spiro atoms. The number of ether oxygens (including phenoxy) is 1. The molecule has 0 amide bonds. The van der Waals surface area contributed by atoms with Gasteiger partial charge in [0.05, 0.1) is 12.4 Å². The number of hydrogen-bond donors (Lipinski definition) is 0. The second-order valence-corrected chi connectivity index (χ2v) is 12.7. The quantitative estimate of drug-likeness (QED) is 0.203. The van der Waals surface area contributed by atoms with Gasteiger partial charge in [0.15, 0.2) is 0 Å². The largest absolute Gasteiger partial charge is 0.496 e. The Bertz CT molecular complexity index is 2550. The maximum absolute atomic E-state index is 7.08. The lowest BCUT2D eigenvalue weighted by Gasteiger charge is -2.17. The van der Waals surface area contributed by atoms with Gasteiger partial charge in [-0.2, -0.15) is 0 Å². The molecule has 0 bridgehead atoms. The molecule has 0 saturated carbocycles. The molecule has 9 aromatic rings. The summed E-state index contributed by atoms with van der Waals surface area (Å²) in [7, 11) is 0.118. The molecule has 0 aliphatic carbocycles. The van der Waals surface area contributed by atoms with Crippen LogP contribution >= 0.6 is 8.01 Å². The van der Waals surface area contributed by atoms with Crippen molar-refractivity contribution in [2.75, 3.05) is 7.11 Å². The van der Waals surface area contributed by atoms with Crippen LogP contribution in [-0.2, 0) is 0 Å². The third-order valence-corrected chi connectivity index (χ3v) is 10.3. The Labute approximate surface area is 260 Å². The van der Waals surface area contributed by atoms with Crippen LogP contribution in [0.4, 0.5) is 0 Å². The van der Waals surface area contributed by atoms with Gasteiger partial charge in [0.2, 0.25) is 0 Å². The van der Waals surface area contributed by atoms with E-state index in [4.69, 9.17) is 13.1 Å². The van der Waals surface area contributed by atoms with Crippen LogP contribution in [0.25, 0.3) is 81.5 Å². The molecule has 0 unspecified atom stereocenters. The van der Waals surface area contributed by atoms with Crippen molar-refractivity contribution in [2.24, 2.45) is 0 Å². The van der Waals surface area contributed by atoms with E-state index in [9.17, 15) is 0 Å². The number of methoxy groups -OCH3 is 1. The first kappa shape index (κ1) is 25.9. The lowest BCUT2D eigenvalue weighted by Crippen LogP contribution is -1.92. The molecular weight excluding hydrogens is 571 g/mol. The number of fused-ring (bicyclic) bond motifs is 9. The van der Waals surface area contributed by atoms with Gasteiger partial charge in [0, 0.05) is 21.9 Å². The summed E-state index contributed by atoms with van der Waals surface area (Å²) in [5.41, 5.74) is 3.75. The predicted octanol–water partition coefficient (Wildman–Crippen LogP) is 12.6. The maximum Gasteiger partial charge on any atom is 0.253 e. The molecule has 0 fully saturated rings. The maximum atomic E-state index is 7.08. The number of rotatable bonds is 3. The van der Waals surface area contributed by atoms with Gasteiger partial charge in [-0.3, -0.25) is 0 Å². The van der Waals surface area contributed by atoms with E-state index in [0.717, 1.165) is 87.2 Å². The standard InChI is InChI=1S/C41H27O3P/c1-42-34-22-18-26-10-2-6-14-30(26)38(34)41-33-17-9-5-13-29(33)21-25-37(41)45-43-35-23-19-27-11-3-7-15-31(27)39(35)40-32-16-8-4-12-28(32)20-24-36(40)44-45/h2-25H,1H3. The van der Waals surface area contributed by atoms with E-state index in [2.05, 4.69) is 146 Å². The molecule has 0 aliphatic rings. The van der Waals surface area contributed by atoms with Crippen molar-refractivity contribution in [2.45, 2.75) is 0 Å². The summed E-state index contributed by atoms with van der Waals surface area (Å²) in [6.45, 7) is 0. The van der Waals surface area contributed by atoms with Crippen LogP contribution in [0.15, 0.2) is 154 Å². The van der Waals surface area contributed by atoms with E-state index < -0.39 is 8.01 Å². The Morgan fingerprint density at radius 2 is 0.844 bits per heavy atom. The average molecular weight is 599 g/mol. The van der Waals surface area contributed by atoms with E-state index in [-0.39, 0.29) is 0 Å². The topological polar surface area (TPSA) is 35.5 Å². The first-order valence-electron chi connectivity index (χ1n) is 15.1. The summed E-state index contributed by atoms with van der Waals surface area (Å²) in [6, 6.07) is 51.1. The van der Waals surface area contributed by atoms with Crippen molar-refractivity contribution in [1.29, 1.82) is 0 Å². The SMILES string of the molecule is COc1ccc2ccccc2c1-c1c(-p2oc3ccc4ccccc4c3c3c(ccc4ccccc43)o2)ccc2ccccc12. The zero-order chi connectivity index (χ0) is 29.9. The van der Waals surface area contributed by atoms with Gasteiger partial charge < -0.3 is 13.1 Å². The number of hydrogen-bond acceptors (Lipinski definition) is 3. The van der Waals surface area contributed by atoms with Crippen LogP contribution in [0.5, 0.6) is 5.75 Å². The zero-order valence-corrected chi connectivity index (χ0v) is 25.4. The van der Waals surface area contributed by atoms with E-state index in [1.54, 1.807) is 7.11 Å². The molecule has 0 atom stereocenters. The summed E-state index contributed by atoms with van der Waals surface area (Å²) in [5, 5.41) is 12.3. The molecule has 0 saturated heterocycles. The lowest BCUT2D eigenvalue weighted by atomic mass is 9.93. The Hall–Kier alpha value is -5.50. The van der Waals surface area contributed by atoms with Crippen molar-refractivity contribution in [1.82, 2.24) is 0 Å². The third kappa shape index (κ3) is 4.05. The minimum absolute atomic E-state index is 0.814. The molecule has 1 heterocycles. The van der Waals surface area contributed by atoms with Crippen LogP contribution in [0.3, 0.4) is 0 Å². The lowest BCUT2D eigenvalue weighted by molar-refractivity contribution is 0.417. The first-order chi connectivity index (χ1) is 22.3. The molecule has 0 radical (unpaired) electrons. The van der Waals surface area contributed by atoms with E-state index >= 15 is 0 Å². The van der Waals surface area contributed by atoms with Gasteiger partial charge in [-0.05, 0) is 67.4 Å². The molecule has 214 valence electrons. The van der Waals surface area contributed by atoms with Crippen molar-refractivity contribution in [3.05, 3.63) is 146 Å². The summed E-state index contributed by atoms with van der Waals surface area (Å²) < 4.78 is 20.2. The van der Waals surface area contributed by atoms with E-state index in [0.29, 0.717) is 0 Å². The zero-order valence-electron chi connectivity index (χ0n) is 24.5. The summed E-state index contributed by atoms with van der Waals surface area (Å²) in [6.07, 6.45) is 0. The molecule has 1 aromatic heterocycles. The smallest absolute Gasteiger partial charge is 0.253 e. The van der Waals surface area contributed by atoms with Gasteiger partial charge in [-0.25, -0.2) is 0 Å². The van der Waals surface area contributed by atoms with Crippen LogP contribution < -0.4 is 4.74 Å². The van der Waals surface area contributed by atoms with Crippen LogP contribution in [0.1, 0.15) is 0 Å². The second-order valence-electron chi connectivity index (χ2n) is 11.3. The van der Waals surface area contributed by atoms with Crippen LogP contribution in [0.2, 0.25) is 0 Å². The number of benzene rings is 8. The monoisotopic (exact) mass is 598 g/mol. The highest BCUT2D eigenvalue weighted by atomic mass is 31.1. The van der Waals surface area contributed by atoms with E-state index in [1.807, 2.05) is 0 Å². The van der Waals surface area contributed by atoms with Gasteiger partial charge in [0.25, 0.3) is 8.01 Å². The van der Waals surface area contributed by atoms with Gasteiger partial charge >= 0.3 is 0 Å². The summed E-state index contributed by atoms with van der Waals surface area (Å²) >= 11 is 0.